The third-order valence-corrected chi connectivity index (χ3v) is 4.37. The average molecular weight is 416 g/mol. The van der Waals surface area contributed by atoms with E-state index in [9.17, 15) is 9.18 Å². The van der Waals surface area contributed by atoms with E-state index in [1.165, 1.54) is 18.2 Å². The molecule has 0 amide bonds. The number of nitrogens with one attached hydrogen (secondary N) is 1. The minimum Gasteiger partial charge on any atom is -0.490 e. The monoisotopic (exact) mass is 415 g/mol. The number of rotatable bonds is 9. The normalized spacial score (nSPS) is 11.9. The van der Waals surface area contributed by atoms with E-state index in [0.29, 0.717) is 35.2 Å². The second-order valence-electron chi connectivity index (χ2n) is 5.80. The third kappa shape index (κ3) is 5.99. The van der Waals surface area contributed by atoms with Crippen LogP contribution in [0.5, 0.6) is 11.5 Å². The van der Waals surface area contributed by atoms with Crippen molar-refractivity contribution in [3.05, 3.63) is 57.3 Å². The van der Waals surface area contributed by atoms with Gasteiger partial charge in [0.25, 0.3) is 0 Å². The van der Waals surface area contributed by atoms with Crippen molar-refractivity contribution >= 4 is 29.2 Å². The molecule has 27 heavy (non-hydrogen) atoms. The number of hydrogen-bond acceptors (Lipinski definition) is 4. The molecular formula is C19H20Cl2FNO4. The summed E-state index contributed by atoms with van der Waals surface area (Å²) in [5.41, 5.74) is 1.36. The zero-order valence-electron chi connectivity index (χ0n) is 14.9. The summed E-state index contributed by atoms with van der Waals surface area (Å²) in [5, 5.41) is 12.4. The molecule has 0 aliphatic rings. The lowest BCUT2D eigenvalue weighted by Gasteiger charge is -2.16. The van der Waals surface area contributed by atoms with E-state index >= 15 is 0 Å². The standard InChI is InChI=1S/C19H20Cl2FNO4/c1-3-26-17-7-12(9-23-11(2)19(24)25)6-16(21)18(17)27-10-13-4-5-14(22)8-15(13)20/h4-8,11,23H,3,9-10H2,1-2H3,(H,24,25). The second kappa shape index (κ2) is 9.78. The summed E-state index contributed by atoms with van der Waals surface area (Å²) < 4.78 is 24.5. The van der Waals surface area contributed by atoms with Crippen molar-refractivity contribution in [1.29, 1.82) is 0 Å². The molecule has 0 bridgehead atoms. The Labute approximate surface area is 167 Å². The molecule has 0 heterocycles. The fraction of sp³-hybridized carbons (Fsp3) is 0.316. The molecule has 2 aromatic carbocycles. The minimum absolute atomic E-state index is 0.0898. The quantitative estimate of drug-likeness (QED) is 0.622. The van der Waals surface area contributed by atoms with Gasteiger partial charge in [-0.25, -0.2) is 4.39 Å². The maximum atomic E-state index is 13.2. The van der Waals surface area contributed by atoms with Crippen LogP contribution in [0.3, 0.4) is 0 Å². The predicted octanol–water partition coefficient (Wildman–Crippen LogP) is 4.67. The maximum Gasteiger partial charge on any atom is 0.320 e. The van der Waals surface area contributed by atoms with E-state index in [0.717, 1.165) is 5.56 Å². The highest BCUT2D eigenvalue weighted by molar-refractivity contribution is 6.32. The maximum absolute atomic E-state index is 13.2. The first kappa shape index (κ1) is 21.3. The molecule has 0 radical (unpaired) electrons. The minimum atomic E-state index is -0.942. The Kier molecular flexibility index (Phi) is 7.71. The van der Waals surface area contributed by atoms with E-state index in [1.807, 2.05) is 6.92 Å². The van der Waals surface area contributed by atoms with E-state index < -0.39 is 17.8 Å². The van der Waals surface area contributed by atoms with Gasteiger partial charge in [-0.1, -0.05) is 29.3 Å². The average Bonchev–Trinajstić information content (AvgIpc) is 2.60. The van der Waals surface area contributed by atoms with Gasteiger partial charge in [-0.2, -0.15) is 0 Å². The lowest BCUT2D eigenvalue weighted by molar-refractivity contribution is -0.139. The molecule has 2 aromatic rings. The van der Waals surface area contributed by atoms with Gasteiger partial charge in [0.05, 0.1) is 16.7 Å². The number of carboxylic acid groups (broad SMARTS) is 1. The number of aliphatic carboxylic acids is 1. The summed E-state index contributed by atoms with van der Waals surface area (Å²) in [6, 6.07) is 6.76. The molecule has 146 valence electrons. The van der Waals surface area contributed by atoms with Crippen LogP contribution >= 0.6 is 23.2 Å². The largest absolute Gasteiger partial charge is 0.490 e. The number of carboxylic acids is 1. The number of halogens is 3. The molecule has 0 spiro atoms. The first-order chi connectivity index (χ1) is 12.8. The van der Waals surface area contributed by atoms with Crippen molar-refractivity contribution in [1.82, 2.24) is 5.32 Å². The van der Waals surface area contributed by atoms with Gasteiger partial charge in [0, 0.05) is 12.1 Å². The second-order valence-corrected chi connectivity index (χ2v) is 6.62. The van der Waals surface area contributed by atoms with Crippen LogP contribution in [0.4, 0.5) is 4.39 Å². The van der Waals surface area contributed by atoms with Crippen molar-refractivity contribution in [3.8, 4) is 11.5 Å². The first-order valence-electron chi connectivity index (χ1n) is 8.30. The molecule has 0 fully saturated rings. The summed E-state index contributed by atoms with van der Waals surface area (Å²) in [7, 11) is 0. The number of carbonyl (C=O) groups is 1. The highest BCUT2D eigenvalue weighted by Gasteiger charge is 2.15. The molecular weight excluding hydrogens is 396 g/mol. The molecule has 1 atom stereocenters. The summed E-state index contributed by atoms with van der Waals surface area (Å²) >= 11 is 12.4. The smallest absolute Gasteiger partial charge is 0.320 e. The van der Waals surface area contributed by atoms with Crippen LogP contribution in [0.1, 0.15) is 25.0 Å². The Morgan fingerprint density at radius 3 is 2.59 bits per heavy atom. The zero-order valence-corrected chi connectivity index (χ0v) is 16.4. The van der Waals surface area contributed by atoms with Gasteiger partial charge >= 0.3 is 5.97 Å². The van der Waals surface area contributed by atoms with E-state index in [4.69, 9.17) is 37.8 Å². The van der Waals surface area contributed by atoms with E-state index in [-0.39, 0.29) is 11.6 Å². The first-order valence-corrected chi connectivity index (χ1v) is 9.05. The van der Waals surface area contributed by atoms with Crippen molar-refractivity contribution in [3.63, 3.8) is 0 Å². The summed E-state index contributed by atoms with van der Waals surface area (Å²) in [6.07, 6.45) is 0. The van der Waals surface area contributed by atoms with Gasteiger partial charge in [0.1, 0.15) is 18.5 Å². The van der Waals surface area contributed by atoms with Crippen LogP contribution in [-0.4, -0.2) is 23.7 Å². The third-order valence-electron chi connectivity index (χ3n) is 3.74. The molecule has 2 rings (SSSR count). The zero-order chi connectivity index (χ0) is 20.0. The molecule has 0 aliphatic carbocycles. The fourth-order valence-electron chi connectivity index (χ4n) is 2.27. The Balaban J connectivity index is 2.18. The predicted molar refractivity (Wildman–Crippen MR) is 102 cm³/mol. The van der Waals surface area contributed by atoms with Crippen LogP contribution in [0.25, 0.3) is 0 Å². The van der Waals surface area contributed by atoms with Gasteiger partial charge in [0.15, 0.2) is 11.5 Å². The molecule has 5 nitrogen and oxygen atoms in total. The van der Waals surface area contributed by atoms with Gasteiger partial charge in [-0.3, -0.25) is 4.79 Å². The fourth-order valence-corrected chi connectivity index (χ4v) is 2.78. The topological polar surface area (TPSA) is 67.8 Å². The molecule has 1 unspecified atom stereocenters. The number of hydrogen-bond donors (Lipinski definition) is 2. The lowest BCUT2D eigenvalue weighted by atomic mass is 10.1. The van der Waals surface area contributed by atoms with Crippen molar-refractivity contribution in [2.45, 2.75) is 33.0 Å². The Hall–Kier alpha value is -2.02. The van der Waals surface area contributed by atoms with Crippen LogP contribution < -0.4 is 14.8 Å². The van der Waals surface area contributed by atoms with E-state index in [1.54, 1.807) is 19.1 Å². The molecule has 8 heteroatoms. The highest BCUT2D eigenvalue weighted by atomic mass is 35.5. The van der Waals surface area contributed by atoms with Crippen LogP contribution in [0, 0.1) is 5.82 Å². The highest BCUT2D eigenvalue weighted by Crippen LogP contribution is 2.37. The van der Waals surface area contributed by atoms with Gasteiger partial charge in [-0.15, -0.1) is 0 Å². The molecule has 2 N–H and O–H groups in total. The molecule has 0 aromatic heterocycles. The molecule has 0 saturated carbocycles. The number of benzene rings is 2. The van der Waals surface area contributed by atoms with Crippen molar-refractivity contribution < 1.29 is 23.8 Å². The van der Waals surface area contributed by atoms with Gasteiger partial charge in [0.2, 0.25) is 0 Å². The van der Waals surface area contributed by atoms with Crippen molar-refractivity contribution in [2.24, 2.45) is 0 Å². The Bertz CT molecular complexity index is 817. The van der Waals surface area contributed by atoms with Gasteiger partial charge in [-0.05, 0) is 43.7 Å². The van der Waals surface area contributed by atoms with Crippen LogP contribution in [-0.2, 0) is 17.9 Å². The van der Waals surface area contributed by atoms with E-state index in [2.05, 4.69) is 5.32 Å². The molecule has 0 saturated heterocycles. The number of ether oxygens (including phenoxy) is 2. The Morgan fingerprint density at radius 1 is 1.22 bits per heavy atom. The van der Waals surface area contributed by atoms with Crippen molar-refractivity contribution in [2.75, 3.05) is 6.61 Å². The Morgan fingerprint density at radius 2 is 1.96 bits per heavy atom. The van der Waals surface area contributed by atoms with Gasteiger partial charge < -0.3 is 19.9 Å². The summed E-state index contributed by atoms with van der Waals surface area (Å²) in [4.78, 5) is 10.9. The summed E-state index contributed by atoms with van der Waals surface area (Å²) in [5.74, 6) is -0.594. The lowest BCUT2D eigenvalue weighted by Crippen LogP contribution is -2.33. The molecule has 0 aliphatic heterocycles. The van der Waals surface area contributed by atoms with Crippen LogP contribution in [0.15, 0.2) is 30.3 Å². The van der Waals surface area contributed by atoms with Crippen LogP contribution in [0.2, 0.25) is 10.0 Å². The summed E-state index contributed by atoms with van der Waals surface area (Å²) in [6.45, 7) is 4.17. The SMILES string of the molecule is CCOc1cc(CNC(C)C(=O)O)cc(Cl)c1OCc1ccc(F)cc1Cl.